The molecule has 1 rings (SSSR count). The van der Waals surface area contributed by atoms with Gasteiger partial charge in [0.05, 0.1) is 5.69 Å². The third-order valence-corrected chi connectivity index (χ3v) is 2.31. The fourth-order valence-electron chi connectivity index (χ4n) is 1.47. The fraction of sp³-hybridized carbons (Fsp3) is 0.364. The summed E-state index contributed by atoms with van der Waals surface area (Å²) in [5, 5.41) is 0. The van der Waals surface area contributed by atoms with Gasteiger partial charge in [-0.2, -0.15) is 0 Å². The standard InChI is InChI=1S/C11H15BF3N2/c1-9(12(13,14)15)7-17(3)8-11-6-4-5-10(2)16-11/h4-6H,1,7-8H2,2-3H3/q-1. The van der Waals surface area contributed by atoms with E-state index in [-0.39, 0.29) is 6.54 Å². The summed E-state index contributed by atoms with van der Waals surface area (Å²) in [6, 6.07) is 5.49. The molecule has 0 aliphatic heterocycles. The number of halogens is 3. The number of pyridine rings is 1. The molecule has 0 atom stereocenters. The monoisotopic (exact) mass is 243 g/mol. The molecule has 0 saturated carbocycles. The largest absolute Gasteiger partial charge is 0.506 e. The summed E-state index contributed by atoms with van der Waals surface area (Å²) < 4.78 is 37.0. The van der Waals surface area contributed by atoms with Gasteiger partial charge in [-0.1, -0.05) is 6.07 Å². The van der Waals surface area contributed by atoms with E-state index in [4.69, 9.17) is 0 Å². The van der Waals surface area contributed by atoms with Crippen molar-refractivity contribution in [1.82, 2.24) is 9.88 Å². The summed E-state index contributed by atoms with van der Waals surface area (Å²) >= 11 is 0. The van der Waals surface area contributed by atoms with Crippen LogP contribution in [0.4, 0.5) is 12.9 Å². The summed E-state index contributed by atoms with van der Waals surface area (Å²) in [5.74, 6) is 0. The highest BCUT2D eigenvalue weighted by atomic mass is 19.4. The summed E-state index contributed by atoms with van der Waals surface area (Å²) in [6.07, 6.45) is 0. The van der Waals surface area contributed by atoms with Gasteiger partial charge >= 0.3 is 6.98 Å². The zero-order valence-electron chi connectivity index (χ0n) is 9.96. The number of aryl methyl sites for hydroxylation is 1. The zero-order chi connectivity index (χ0) is 13.1. The van der Waals surface area contributed by atoms with E-state index in [0.29, 0.717) is 6.54 Å². The van der Waals surface area contributed by atoms with Crippen molar-refractivity contribution >= 4 is 6.98 Å². The summed E-state index contributed by atoms with van der Waals surface area (Å²) in [6.45, 7) is 0.167. The molecule has 2 nitrogen and oxygen atoms in total. The molecule has 1 aromatic rings. The van der Waals surface area contributed by atoms with E-state index in [1.54, 1.807) is 18.0 Å². The van der Waals surface area contributed by atoms with Crippen molar-refractivity contribution in [3.8, 4) is 0 Å². The highest BCUT2D eigenvalue weighted by Gasteiger charge is 2.27. The fourth-order valence-corrected chi connectivity index (χ4v) is 1.47. The highest BCUT2D eigenvalue weighted by molar-refractivity contribution is 6.66. The van der Waals surface area contributed by atoms with Crippen molar-refractivity contribution in [2.75, 3.05) is 13.6 Å². The first kappa shape index (κ1) is 13.8. The molecule has 0 aliphatic rings. The van der Waals surface area contributed by atoms with Gasteiger partial charge in [-0.3, -0.25) is 9.88 Å². The van der Waals surface area contributed by atoms with Crippen molar-refractivity contribution in [3.63, 3.8) is 0 Å². The van der Waals surface area contributed by atoms with Gasteiger partial charge in [0.15, 0.2) is 0 Å². The lowest BCUT2D eigenvalue weighted by Crippen LogP contribution is -2.30. The molecular formula is C11H15BF3N2-. The Hall–Kier alpha value is -1.30. The smallest absolute Gasteiger partial charge is 0.445 e. The van der Waals surface area contributed by atoms with Gasteiger partial charge in [0.25, 0.3) is 0 Å². The Morgan fingerprint density at radius 3 is 2.59 bits per heavy atom. The highest BCUT2D eigenvalue weighted by Crippen LogP contribution is 2.19. The Morgan fingerprint density at radius 2 is 2.06 bits per heavy atom. The van der Waals surface area contributed by atoms with Crippen molar-refractivity contribution in [3.05, 3.63) is 41.6 Å². The van der Waals surface area contributed by atoms with Crippen molar-refractivity contribution in [2.45, 2.75) is 13.5 Å². The zero-order valence-corrected chi connectivity index (χ0v) is 9.96. The predicted octanol–water partition coefficient (Wildman–Crippen LogP) is 2.76. The van der Waals surface area contributed by atoms with Crippen LogP contribution in [0.2, 0.25) is 0 Å². The Balaban J connectivity index is 2.56. The Morgan fingerprint density at radius 1 is 1.41 bits per heavy atom. The quantitative estimate of drug-likeness (QED) is 0.739. The number of aromatic nitrogens is 1. The Labute approximate surface area is 99.2 Å². The third-order valence-electron chi connectivity index (χ3n) is 2.31. The summed E-state index contributed by atoms with van der Waals surface area (Å²) in [4.78, 5) is 5.79. The molecule has 0 N–H and O–H groups in total. The molecule has 0 fully saturated rings. The normalized spacial score (nSPS) is 11.9. The van der Waals surface area contributed by atoms with Crippen LogP contribution in [0, 0.1) is 6.92 Å². The van der Waals surface area contributed by atoms with E-state index < -0.39 is 12.4 Å². The first-order valence-electron chi connectivity index (χ1n) is 5.27. The van der Waals surface area contributed by atoms with E-state index in [1.165, 1.54) is 0 Å². The minimum absolute atomic E-state index is 0.181. The summed E-state index contributed by atoms with van der Waals surface area (Å²) in [5.41, 5.74) is 0.935. The van der Waals surface area contributed by atoms with Crippen LogP contribution in [0.25, 0.3) is 0 Å². The molecule has 0 amide bonds. The maximum atomic E-state index is 12.3. The maximum absolute atomic E-state index is 12.3. The van der Waals surface area contributed by atoms with Gasteiger partial charge in [0.1, 0.15) is 0 Å². The minimum atomic E-state index is -4.95. The molecule has 0 aromatic carbocycles. The number of hydrogen-bond acceptors (Lipinski definition) is 2. The van der Waals surface area contributed by atoms with Gasteiger partial charge in [0, 0.05) is 12.2 Å². The number of likely N-dealkylation sites (N-methyl/N-ethyl adjacent to an activating group) is 1. The topological polar surface area (TPSA) is 16.1 Å². The van der Waals surface area contributed by atoms with Crippen molar-refractivity contribution in [2.24, 2.45) is 0 Å². The predicted molar refractivity (Wildman–Crippen MR) is 63.5 cm³/mol. The molecule has 17 heavy (non-hydrogen) atoms. The molecule has 1 aromatic heterocycles. The third kappa shape index (κ3) is 4.60. The van der Waals surface area contributed by atoms with E-state index in [2.05, 4.69) is 11.6 Å². The van der Waals surface area contributed by atoms with Gasteiger partial charge in [-0.25, -0.2) is 0 Å². The minimum Gasteiger partial charge on any atom is -0.445 e. The lowest BCUT2D eigenvalue weighted by atomic mass is 9.80. The van der Waals surface area contributed by atoms with Crippen LogP contribution < -0.4 is 0 Å². The van der Waals surface area contributed by atoms with Crippen LogP contribution in [0.5, 0.6) is 0 Å². The lowest BCUT2D eigenvalue weighted by molar-refractivity contribution is 0.346. The van der Waals surface area contributed by atoms with Gasteiger partial charge in [0.2, 0.25) is 0 Å². The van der Waals surface area contributed by atoms with Crippen molar-refractivity contribution < 1.29 is 12.9 Å². The molecule has 6 heteroatoms. The molecular weight excluding hydrogens is 228 g/mol. The first-order valence-corrected chi connectivity index (χ1v) is 5.27. The molecule has 0 aliphatic carbocycles. The van der Waals surface area contributed by atoms with Crippen LogP contribution >= 0.6 is 0 Å². The van der Waals surface area contributed by atoms with Gasteiger partial charge in [-0.05, 0) is 32.6 Å². The van der Waals surface area contributed by atoms with Crippen LogP contribution in [0.3, 0.4) is 0 Å². The van der Waals surface area contributed by atoms with Crippen LogP contribution in [-0.2, 0) is 6.54 Å². The molecule has 0 radical (unpaired) electrons. The SMILES string of the molecule is C=C(CN(C)Cc1cccc(C)n1)[B-](F)(F)F. The number of hydrogen-bond donors (Lipinski definition) is 0. The summed E-state index contributed by atoms with van der Waals surface area (Å²) in [7, 11) is 1.62. The average Bonchev–Trinajstić information content (AvgIpc) is 2.15. The molecule has 0 unspecified atom stereocenters. The van der Waals surface area contributed by atoms with Crippen LogP contribution in [0.15, 0.2) is 30.3 Å². The number of rotatable bonds is 5. The first-order chi connectivity index (χ1) is 7.79. The van der Waals surface area contributed by atoms with Gasteiger partial charge < -0.3 is 12.9 Å². The second kappa shape index (κ2) is 5.36. The maximum Gasteiger partial charge on any atom is 0.506 e. The van der Waals surface area contributed by atoms with Crippen molar-refractivity contribution in [1.29, 1.82) is 0 Å². The number of nitrogens with zero attached hydrogens (tertiary/aromatic N) is 2. The van der Waals surface area contributed by atoms with Crippen LogP contribution in [0.1, 0.15) is 11.4 Å². The van der Waals surface area contributed by atoms with E-state index in [1.807, 2.05) is 19.1 Å². The molecule has 94 valence electrons. The van der Waals surface area contributed by atoms with Gasteiger partial charge in [-0.15, -0.1) is 12.1 Å². The molecule has 0 spiro atoms. The molecule has 0 saturated heterocycles. The Kier molecular flexibility index (Phi) is 4.34. The molecule has 1 heterocycles. The van der Waals surface area contributed by atoms with E-state index in [0.717, 1.165) is 11.4 Å². The van der Waals surface area contributed by atoms with Crippen LogP contribution in [-0.4, -0.2) is 30.5 Å². The van der Waals surface area contributed by atoms with E-state index in [9.17, 15) is 12.9 Å². The Bertz CT molecular complexity index is 404. The second-order valence-corrected chi connectivity index (χ2v) is 4.18. The van der Waals surface area contributed by atoms with E-state index >= 15 is 0 Å². The average molecular weight is 243 g/mol. The second-order valence-electron chi connectivity index (χ2n) is 4.18. The lowest BCUT2D eigenvalue weighted by Gasteiger charge is -2.24. The molecule has 0 bridgehead atoms.